The van der Waals surface area contributed by atoms with Crippen LogP contribution in [0.3, 0.4) is 0 Å². The summed E-state index contributed by atoms with van der Waals surface area (Å²) in [6.07, 6.45) is 0. The van der Waals surface area contributed by atoms with Gasteiger partial charge >= 0.3 is 0 Å². The number of hydrogen-bond acceptors (Lipinski definition) is 0. The summed E-state index contributed by atoms with van der Waals surface area (Å²) in [6, 6.07) is 0. The Morgan fingerprint density at radius 3 is 0.400 bits per heavy atom. The molecule has 0 aromatic heterocycles. The van der Waals surface area contributed by atoms with Crippen LogP contribution in [-0.4, -0.2) is 0 Å². The fourth-order valence-corrected chi connectivity index (χ4v) is 0. The van der Waals surface area contributed by atoms with Gasteiger partial charge in [-0.1, -0.05) is 0 Å². The summed E-state index contributed by atoms with van der Waals surface area (Å²) >= 11 is 0. The number of halogens is 4. The van der Waals surface area contributed by atoms with Crippen LogP contribution in [0.15, 0.2) is 0 Å². The van der Waals surface area contributed by atoms with Gasteiger partial charge in [0.15, 0.2) is 0 Å². The minimum atomic E-state index is 0. The first-order valence-corrected chi connectivity index (χ1v) is 0. The standard InChI is InChI=1S/4ClH.Rh/h4*1H;. The summed E-state index contributed by atoms with van der Waals surface area (Å²) in [6.45, 7) is 0. The molecule has 0 aromatic carbocycles. The zero-order valence-corrected chi connectivity index (χ0v) is 6.87. The predicted octanol–water partition coefficient (Wildman–Crippen LogP) is 1.68. The fraction of sp³-hybridized carbons (Fsp3) is 0. The van der Waals surface area contributed by atoms with E-state index >= 15 is 0 Å². The molecule has 0 rings (SSSR count). The molecular formula is H4Cl4Rh. The van der Waals surface area contributed by atoms with Crippen LogP contribution in [0.2, 0.25) is 0 Å². The van der Waals surface area contributed by atoms with Crippen LogP contribution in [0.5, 0.6) is 0 Å². The van der Waals surface area contributed by atoms with Gasteiger partial charge in [0.05, 0.1) is 0 Å². The summed E-state index contributed by atoms with van der Waals surface area (Å²) in [5.41, 5.74) is 0. The molecule has 0 bridgehead atoms. The maximum atomic E-state index is 0. The Hall–Kier alpha value is 1.78. The molecule has 0 aliphatic carbocycles. The fourth-order valence-electron chi connectivity index (χ4n) is 0. The summed E-state index contributed by atoms with van der Waals surface area (Å²) < 4.78 is 0. The van der Waals surface area contributed by atoms with Crippen LogP contribution >= 0.6 is 49.6 Å². The molecule has 0 atom stereocenters. The van der Waals surface area contributed by atoms with Crippen molar-refractivity contribution in [3.05, 3.63) is 0 Å². The van der Waals surface area contributed by atoms with E-state index in [4.69, 9.17) is 0 Å². The normalized spacial score (nSPS) is 0. The SMILES string of the molecule is Cl.Cl.Cl.Cl.[Rh]. The molecule has 5 heteroatoms. The molecule has 0 aliphatic rings. The first-order chi connectivity index (χ1) is 0. The third-order valence-electron chi connectivity index (χ3n) is 0. The van der Waals surface area contributed by atoms with Crippen LogP contribution < -0.4 is 0 Å². The van der Waals surface area contributed by atoms with E-state index in [0.29, 0.717) is 0 Å². The predicted molar refractivity (Wildman–Crippen MR) is 29.0 cm³/mol. The Labute approximate surface area is 68.9 Å². The summed E-state index contributed by atoms with van der Waals surface area (Å²) in [7, 11) is 0. The molecule has 0 fully saturated rings. The Morgan fingerprint density at radius 1 is 0.400 bits per heavy atom. The van der Waals surface area contributed by atoms with Crippen molar-refractivity contribution in [3.63, 3.8) is 0 Å². The Balaban J connectivity index is 0. The number of rotatable bonds is 0. The molecule has 41 valence electrons. The quantitative estimate of drug-likeness (QED) is 0.573. The van der Waals surface area contributed by atoms with E-state index in [1.54, 1.807) is 0 Å². The van der Waals surface area contributed by atoms with Crippen LogP contribution in [0.1, 0.15) is 0 Å². The summed E-state index contributed by atoms with van der Waals surface area (Å²) in [5.74, 6) is 0. The molecule has 0 unspecified atom stereocenters. The molecule has 0 amide bonds. The second-order valence-electron chi connectivity index (χ2n) is 0. The van der Waals surface area contributed by atoms with E-state index in [1.165, 1.54) is 0 Å². The van der Waals surface area contributed by atoms with E-state index in [0.717, 1.165) is 0 Å². The molecule has 0 nitrogen and oxygen atoms in total. The molecule has 0 heterocycles. The Morgan fingerprint density at radius 2 is 0.400 bits per heavy atom. The molecular weight excluding hydrogens is 245 g/mol. The third-order valence-corrected chi connectivity index (χ3v) is 0. The smallest absolute Gasteiger partial charge is 0 e. The average molecular weight is 249 g/mol. The second-order valence-corrected chi connectivity index (χ2v) is 0. The van der Waals surface area contributed by atoms with Crippen molar-refractivity contribution in [2.75, 3.05) is 0 Å². The molecule has 0 spiro atoms. The van der Waals surface area contributed by atoms with Gasteiger partial charge in [0, 0.05) is 19.5 Å². The Kier molecular flexibility index (Phi) is 594. The molecule has 0 N–H and O–H groups in total. The summed E-state index contributed by atoms with van der Waals surface area (Å²) in [5, 5.41) is 0. The summed E-state index contributed by atoms with van der Waals surface area (Å²) in [4.78, 5) is 0. The van der Waals surface area contributed by atoms with Crippen LogP contribution in [0, 0.1) is 0 Å². The van der Waals surface area contributed by atoms with Gasteiger partial charge in [0.25, 0.3) is 0 Å². The molecule has 0 saturated carbocycles. The minimum absolute atomic E-state index is 0. The van der Waals surface area contributed by atoms with Gasteiger partial charge in [-0.05, 0) is 0 Å². The van der Waals surface area contributed by atoms with E-state index < -0.39 is 0 Å². The largest absolute Gasteiger partial charge is 0.147 e. The van der Waals surface area contributed by atoms with Crippen molar-refractivity contribution in [2.24, 2.45) is 0 Å². The zero-order chi connectivity index (χ0) is 0. The van der Waals surface area contributed by atoms with Gasteiger partial charge in [-0.15, -0.1) is 49.6 Å². The van der Waals surface area contributed by atoms with Gasteiger partial charge < -0.3 is 0 Å². The molecule has 0 aromatic rings. The van der Waals surface area contributed by atoms with Crippen molar-refractivity contribution in [1.82, 2.24) is 0 Å². The van der Waals surface area contributed by atoms with Crippen molar-refractivity contribution in [1.29, 1.82) is 0 Å². The first kappa shape index (κ1) is 71.3. The van der Waals surface area contributed by atoms with Crippen molar-refractivity contribution in [2.45, 2.75) is 0 Å². The van der Waals surface area contributed by atoms with E-state index in [-0.39, 0.29) is 69.1 Å². The Bertz CT molecular complexity index is 3.61. The van der Waals surface area contributed by atoms with Gasteiger partial charge in [-0.25, -0.2) is 0 Å². The number of hydrogen-bond donors (Lipinski definition) is 0. The maximum absolute atomic E-state index is 0. The monoisotopic (exact) mass is 247 g/mol. The van der Waals surface area contributed by atoms with Crippen LogP contribution in [0.25, 0.3) is 0 Å². The zero-order valence-electron chi connectivity index (χ0n) is 1.97. The molecule has 0 saturated heterocycles. The van der Waals surface area contributed by atoms with Crippen LogP contribution in [-0.2, 0) is 19.5 Å². The topological polar surface area (TPSA) is 0 Å². The van der Waals surface area contributed by atoms with Gasteiger partial charge in [-0.2, -0.15) is 0 Å². The maximum Gasteiger partial charge on any atom is 0 e. The van der Waals surface area contributed by atoms with Gasteiger partial charge in [0.2, 0.25) is 0 Å². The van der Waals surface area contributed by atoms with E-state index in [9.17, 15) is 0 Å². The first-order valence-electron chi connectivity index (χ1n) is 0. The van der Waals surface area contributed by atoms with Crippen molar-refractivity contribution < 1.29 is 19.5 Å². The second kappa shape index (κ2) is 41.6. The van der Waals surface area contributed by atoms with E-state index in [2.05, 4.69) is 0 Å². The third kappa shape index (κ3) is 26.0. The average Bonchev–Trinajstić information content (AvgIpc) is 0. The van der Waals surface area contributed by atoms with Crippen molar-refractivity contribution in [3.8, 4) is 0 Å². The van der Waals surface area contributed by atoms with Gasteiger partial charge in [0.1, 0.15) is 0 Å². The van der Waals surface area contributed by atoms with Gasteiger partial charge in [-0.3, -0.25) is 0 Å². The molecule has 5 heavy (non-hydrogen) atoms. The molecule has 0 aliphatic heterocycles. The van der Waals surface area contributed by atoms with Crippen LogP contribution in [0.4, 0.5) is 0 Å². The van der Waals surface area contributed by atoms with Crippen molar-refractivity contribution >= 4 is 49.6 Å². The minimum Gasteiger partial charge on any atom is -0.147 e. The van der Waals surface area contributed by atoms with E-state index in [1.807, 2.05) is 0 Å². The molecule has 1 radical (unpaired) electrons.